The highest BCUT2D eigenvalue weighted by Crippen LogP contribution is 2.39. The van der Waals surface area contributed by atoms with E-state index in [0.29, 0.717) is 17.9 Å². The van der Waals surface area contributed by atoms with Crippen molar-refractivity contribution in [3.8, 4) is 11.3 Å². The molecule has 0 radical (unpaired) electrons. The van der Waals surface area contributed by atoms with Crippen molar-refractivity contribution in [2.75, 3.05) is 18.8 Å². The van der Waals surface area contributed by atoms with Crippen molar-refractivity contribution in [2.24, 2.45) is 5.92 Å². The number of carbonyl (C=O) groups excluding carboxylic acids is 2. The molecule has 1 aromatic carbocycles. The van der Waals surface area contributed by atoms with Crippen molar-refractivity contribution in [1.82, 2.24) is 24.8 Å². The standard InChI is InChI=1S/C23H20F8N6O2/c1-9-12(20(38)35-16-7-36(6-15(16)25)21(39)10(2)22(26,27)28)3-11(4-14(9)24)17-5-13(23(29,30)31)18-19(32)33-8-34-37(17)18/h3-5,8,10,15-16H,6-7H2,1-2H3,(H,35,38)(H2,32,33,34)/t10?,15-,16+/m0/s1. The number of fused-ring (bicyclic) bond motifs is 1. The number of hydrogen-bond donors (Lipinski definition) is 2. The molecule has 3 atom stereocenters. The Kier molecular flexibility index (Phi) is 6.93. The molecule has 0 saturated carbocycles. The van der Waals surface area contributed by atoms with Gasteiger partial charge in [-0.25, -0.2) is 18.3 Å². The van der Waals surface area contributed by atoms with Crippen LogP contribution in [-0.4, -0.2) is 62.8 Å². The van der Waals surface area contributed by atoms with Crippen LogP contribution in [0.15, 0.2) is 24.5 Å². The molecule has 1 saturated heterocycles. The van der Waals surface area contributed by atoms with E-state index in [2.05, 4.69) is 15.4 Å². The molecule has 3 N–H and O–H groups in total. The summed E-state index contributed by atoms with van der Waals surface area (Å²) in [6.07, 6.45) is -10.8. The summed E-state index contributed by atoms with van der Waals surface area (Å²) in [5.41, 5.74) is 2.75. The van der Waals surface area contributed by atoms with Crippen molar-refractivity contribution >= 4 is 23.1 Å². The Hall–Kier alpha value is -3.98. The van der Waals surface area contributed by atoms with Gasteiger partial charge < -0.3 is 16.0 Å². The summed E-state index contributed by atoms with van der Waals surface area (Å²) < 4.78 is 110. The van der Waals surface area contributed by atoms with Crippen LogP contribution in [-0.2, 0) is 11.0 Å². The lowest BCUT2D eigenvalue weighted by molar-refractivity contribution is -0.185. The highest BCUT2D eigenvalue weighted by Gasteiger charge is 2.46. The van der Waals surface area contributed by atoms with Gasteiger partial charge in [0, 0.05) is 17.7 Å². The number of anilines is 1. The highest BCUT2D eigenvalue weighted by molar-refractivity contribution is 5.97. The molecule has 0 spiro atoms. The van der Waals surface area contributed by atoms with Crippen molar-refractivity contribution in [3.05, 3.63) is 47.0 Å². The summed E-state index contributed by atoms with van der Waals surface area (Å²) in [7, 11) is 0. The first-order valence-corrected chi connectivity index (χ1v) is 11.3. The van der Waals surface area contributed by atoms with Crippen LogP contribution in [0.2, 0.25) is 0 Å². The van der Waals surface area contributed by atoms with Crippen molar-refractivity contribution in [1.29, 1.82) is 0 Å². The maximum atomic E-state index is 14.9. The Labute approximate surface area is 214 Å². The number of carbonyl (C=O) groups is 2. The number of nitrogens with zero attached hydrogens (tertiary/aromatic N) is 4. The number of likely N-dealkylation sites (tertiary alicyclic amines) is 1. The predicted molar refractivity (Wildman–Crippen MR) is 120 cm³/mol. The zero-order valence-electron chi connectivity index (χ0n) is 20.2. The number of alkyl halides is 7. The lowest BCUT2D eigenvalue weighted by atomic mass is 10.0. The SMILES string of the molecule is Cc1c(F)cc(-c2cc(C(F)(F)F)c3c(N)ncnn23)cc1C(=O)N[C@@H]1CN(C(=O)C(C)C(F)(F)F)C[C@@H]1F. The first-order chi connectivity index (χ1) is 18.0. The normalized spacial score (nSPS) is 19.0. The monoisotopic (exact) mass is 564 g/mol. The van der Waals surface area contributed by atoms with Gasteiger partial charge in [-0.2, -0.15) is 31.4 Å². The fourth-order valence-electron chi connectivity index (χ4n) is 4.29. The van der Waals surface area contributed by atoms with Crippen LogP contribution in [0.3, 0.4) is 0 Å². The molecular weight excluding hydrogens is 544 g/mol. The maximum absolute atomic E-state index is 14.9. The van der Waals surface area contributed by atoms with E-state index in [1.807, 2.05) is 0 Å². The topological polar surface area (TPSA) is 106 Å². The molecule has 1 aliphatic rings. The van der Waals surface area contributed by atoms with Crippen molar-refractivity contribution in [2.45, 2.75) is 38.4 Å². The lowest BCUT2D eigenvalue weighted by Crippen LogP contribution is -2.43. The van der Waals surface area contributed by atoms with Gasteiger partial charge in [-0.05, 0) is 37.6 Å². The number of nitrogens with two attached hydrogens (primary N) is 1. The van der Waals surface area contributed by atoms with Crippen LogP contribution in [0, 0.1) is 18.7 Å². The molecular formula is C23H20F8N6O2. The molecule has 0 aliphatic carbocycles. The molecule has 210 valence electrons. The van der Waals surface area contributed by atoms with Crippen molar-refractivity contribution < 1.29 is 44.7 Å². The molecule has 0 bridgehead atoms. The molecule has 8 nitrogen and oxygen atoms in total. The van der Waals surface area contributed by atoms with Crippen molar-refractivity contribution in [3.63, 3.8) is 0 Å². The average molecular weight is 564 g/mol. The molecule has 1 aliphatic heterocycles. The number of rotatable bonds is 4. The molecule has 3 heterocycles. The summed E-state index contributed by atoms with van der Waals surface area (Å²) >= 11 is 0. The van der Waals surface area contributed by atoms with Crippen LogP contribution in [0.1, 0.15) is 28.4 Å². The summed E-state index contributed by atoms with van der Waals surface area (Å²) in [6.45, 7) is 0.568. The first-order valence-electron chi connectivity index (χ1n) is 11.3. The van der Waals surface area contributed by atoms with Crippen LogP contribution in [0.4, 0.5) is 40.9 Å². The van der Waals surface area contributed by atoms with E-state index in [-0.39, 0.29) is 22.4 Å². The number of hydrogen-bond acceptors (Lipinski definition) is 5. The van der Waals surface area contributed by atoms with Gasteiger partial charge >= 0.3 is 12.4 Å². The van der Waals surface area contributed by atoms with Gasteiger partial charge in [0.15, 0.2) is 5.82 Å². The second kappa shape index (κ2) is 9.64. The van der Waals surface area contributed by atoms with Crippen LogP contribution in [0.5, 0.6) is 0 Å². The molecule has 1 fully saturated rings. The summed E-state index contributed by atoms with van der Waals surface area (Å²) in [5.74, 6) is -6.29. The minimum absolute atomic E-state index is 0.203. The van der Waals surface area contributed by atoms with E-state index in [0.717, 1.165) is 23.0 Å². The Morgan fingerprint density at radius 2 is 1.79 bits per heavy atom. The van der Waals surface area contributed by atoms with Gasteiger partial charge in [0.25, 0.3) is 5.91 Å². The molecule has 2 aromatic heterocycles. The number of aromatic nitrogens is 3. The van der Waals surface area contributed by atoms with E-state index < -0.39 is 78.1 Å². The summed E-state index contributed by atoms with van der Waals surface area (Å²) in [4.78, 5) is 29.3. The number of benzene rings is 1. The fraction of sp³-hybridized carbons (Fsp3) is 0.391. The lowest BCUT2D eigenvalue weighted by Gasteiger charge is -2.22. The molecule has 39 heavy (non-hydrogen) atoms. The van der Waals surface area contributed by atoms with E-state index in [1.54, 1.807) is 0 Å². The first kappa shape index (κ1) is 28.0. The second-order valence-corrected chi connectivity index (χ2v) is 9.08. The largest absolute Gasteiger partial charge is 0.418 e. The van der Waals surface area contributed by atoms with Crippen LogP contribution < -0.4 is 11.1 Å². The van der Waals surface area contributed by atoms with Gasteiger partial charge in [0.2, 0.25) is 5.91 Å². The van der Waals surface area contributed by atoms with Gasteiger partial charge in [0.1, 0.15) is 29.8 Å². The zero-order valence-corrected chi connectivity index (χ0v) is 20.2. The van der Waals surface area contributed by atoms with E-state index in [4.69, 9.17) is 5.73 Å². The van der Waals surface area contributed by atoms with Gasteiger partial charge in [-0.15, -0.1) is 0 Å². The van der Waals surface area contributed by atoms with Gasteiger partial charge in [-0.3, -0.25) is 9.59 Å². The molecule has 3 aromatic rings. The number of nitrogens with one attached hydrogen (secondary N) is 1. The number of amides is 2. The third-order valence-electron chi connectivity index (χ3n) is 6.51. The van der Waals surface area contributed by atoms with E-state index in [1.165, 1.54) is 6.92 Å². The highest BCUT2D eigenvalue weighted by atomic mass is 19.4. The molecule has 4 rings (SSSR count). The fourth-order valence-corrected chi connectivity index (χ4v) is 4.29. The minimum atomic E-state index is -4.88. The Bertz CT molecular complexity index is 1450. The quantitative estimate of drug-likeness (QED) is 0.468. The molecule has 16 heteroatoms. The third kappa shape index (κ3) is 5.18. The third-order valence-corrected chi connectivity index (χ3v) is 6.51. The number of nitrogen functional groups attached to an aromatic ring is 1. The second-order valence-electron chi connectivity index (χ2n) is 9.08. The molecule has 1 unspecified atom stereocenters. The minimum Gasteiger partial charge on any atom is -0.382 e. The Morgan fingerprint density at radius 1 is 1.13 bits per heavy atom. The van der Waals surface area contributed by atoms with E-state index in [9.17, 15) is 44.7 Å². The summed E-state index contributed by atoms with van der Waals surface area (Å²) in [5, 5.41) is 6.01. The van der Waals surface area contributed by atoms with E-state index >= 15 is 0 Å². The van der Waals surface area contributed by atoms with Crippen LogP contribution in [0.25, 0.3) is 16.8 Å². The Balaban J connectivity index is 1.66. The smallest absolute Gasteiger partial charge is 0.382 e. The van der Waals surface area contributed by atoms with Crippen LogP contribution >= 0.6 is 0 Å². The average Bonchev–Trinajstić information content (AvgIpc) is 3.41. The van der Waals surface area contributed by atoms with Gasteiger partial charge in [-0.1, -0.05) is 0 Å². The predicted octanol–water partition coefficient (Wildman–Crippen LogP) is 3.92. The zero-order chi connectivity index (χ0) is 29.0. The maximum Gasteiger partial charge on any atom is 0.418 e. The summed E-state index contributed by atoms with van der Waals surface area (Å²) in [6, 6.07) is 1.18. The Morgan fingerprint density at radius 3 is 2.41 bits per heavy atom. The molecule has 2 amide bonds. The van der Waals surface area contributed by atoms with Gasteiger partial charge in [0.05, 0.1) is 23.8 Å². The number of halogens is 8.